The number of fused-ring (bicyclic) bond motifs is 1. The second-order valence-electron chi connectivity index (χ2n) is 10.8. The number of Topliss-reactive ketones (excluding diaryl/α,β-unsaturated/α-hetero) is 1. The number of nitrogens with zero attached hydrogens (tertiary/aromatic N) is 6. The van der Waals surface area contributed by atoms with Crippen LogP contribution in [0.4, 0.5) is 5.69 Å². The topological polar surface area (TPSA) is 140 Å². The molecule has 1 aromatic rings. The minimum atomic E-state index is -0.775. The number of likely N-dealkylation sites (tertiary alicyclic amines) is 1. The van der Waals surface area contributed by atoms with E-state index in [0.717, 1.165) is 70.7 Å². The second kappa shape index (κ2) is 12.3. The summed E-state index contributed by atoms with van der Waals surface area (Å²) in [5.74, 6) is -0.824. The molecule has 3 heterocycles. The van der Waals surface area contributed by atoms with Crippen molar-refractivity contribution in [3.05, 3.63) is 40.3 Å². The molecule has 0 bridgehead atoms. The number of hydrogen-bond acceptors (Lipinski definition) is 8. The van der Waals surface area contributed by atoms with E-state index in [1.165, 1.54) is 4.90 Å². The van der Waals surface area contributed by atoms with E-state index in [4.69, 9.17) is 15.0 Å². The third-order valence-electron chi connectivity index (χ3n) is 8.54. The highest BCUT2D eigenvalue weighted by atomic mass is 16.5. The Morgan fingerprint density at radius 2 is 1.90 bits per heavy atom. The summed E-state index contributed by atoms with van der Waals surface area (Å²) in [5.41, 5.74) is 10.5. The van der Waals surface area contributed by atoms with E-state index in [1.807, 2.05) is 12.1 Å². The fraction of sp³-hybridized carbons (Fsp3) is 0.667. The lowest BCUT2D eigenvalue weighted by Crippen LogP contribution is -2.54. The van der Waals surface area contributed by atoms with Crippen molar-refractivity contribution in [1.82, 2.24) is 15.1 Å². The van der Waals surface area contributed by atoms with Gasteiger partial charge in [0.05, 0.1) is 18.8 Å². The summed E-state index contributed by atoms with van der Waals surface area (Å²) in [4.78, 5) is 48.8. The zero-order chi connectivity index (χ0) is 27.4. The van der Waals surface area contributed by atoms with Crippen LogP contribution in [0.3, 0.4) is 0 Å². The summed E-state index contributed by atoms with van der Waals surface area (Å²) in [6, 6.07) is 5.37. The van der Waals surface area contributed by atoms with Crippen molar-refractivity contribution in [3.63, 3.8) is 0 Å². The summed E-state index contributed by atoms with van der Waals surface area (Å²) in [5, 5.41) is 6.77. The van der Waals surface area contributed by atoms with Gasteiger partial charge in [0.2, 0.25) is 5.91 Å². The number of nitrogens with one attached hydrogen (secondary N) is 1. The maximum absolute atomic E-state index is 13.8. The van der Waals surface area contributed by atoms with Gasteiger partial charge in [-0.2, -0.15) is 0 Å². The summed E-state index contributed by atoms with van der Waals surface area (Å²) < 4.78 is 10.7. The van der Waals surface area contributed by atoms with Crippen LogP contribution in [0, 0.1) is 5.92 Å². The van der Waals surface area contributed by atoms with Gasteiger partial charge in [0.25, 0.3) is 5.91 Å². The Hall–Kier alpha value is -3.18. The van der Waals surface area contributed by atoms with E-state index in [0.29, 0.717) is 5.56 Å². The van der Waals surface area contributed by atoms with Gasteiger partial charge in [-0.05, 0) is 48.6 Å². The number of carbonyl (C=O) groups excluding carboxylic acids is 3. The Labute approximate surface area is 228 Å². The average Bonchev–Trinajstić information content (AvgIpc) is 3.71. The number of amides is 2. The number of anilines is 1. The molecule has 12 nitrogen and oxygen atoms in total. The lowest BCUT2D eigenvalue weighted by molar-refractivity contribution is -0.139. The fourth-order valence-corrected chi connectivity index (χ4v) is 6.37. The van der Waals surface area contributed by atoms with Crippen molar-refractivity contribution in [2.75, 3.05) is 64.5 Å². The minimum absolute atomic E-state index is 0.00970. The van der Waals surface area contributed by atoms with Crippen LogP contribution in [-0.2, 0) is 19.1 Å². The van der Waals surface area contributed by atoms with Crippen LogP contribution in [0.15, 0.2) is 29.4 Å². The number of carbonyl (C=O) groups is 3. The summed E-state index contributed by atoms with van der Waals surface area (Å²) in [6.45, 7) is 5.40. The van der Waals surface area contributed by atoms with Crippen LogP contribution in [0.5, 0.6) is 0 Å². The molecule has 3 saturated heterocycles. The Morgan fingerprint density at radius 3 is 2.56 bits per heavy atom. The normalized spacial score (nSPS) is 26.4. The predicted molar refractivity (Wildman–Crippen MR) is 143 cm³/mol. The van der Waals surface area contributed by atoms with Crippen LogP contribution in [0.1, 0.15) is 36.0 Å². The Balaban J connectivity index is 1.26. The van der Waals surface area contributed by atoms with Gasteiger partial charge in [-0.25, -0.2) is 0 Å². The monoisotopic (exact) mass is 539 g/mol. The van der Waals surface area contributed by atoms with Gasteiger partial charge in [-0.3, -0.25) is 19.3 Å². The molecule has 39 heavy (non-hydrogen) atoms. The van der Waals surface area contributed by atoms with Gasteiger partial charge in [0.1, 0.15) is 18.7 Å². The largest absolute Gasteiger partial charge is 0.383 e. The lowest BCUT2D eigenvalue weighted by atomic mass is 9.95. The van der Waals surface area contributed by atoms with E-state index in [2.05, 4.69) is 25.1 Å². The highest BCUT2D eigenvalue weighted by Crippen LogP contribution is 2.34. The first kappa shape index (κ1) is 27.4. The molecule has 4 fully saturated rings. The Morgan fingerprint density at radius 1 is 1.18 bits per heavy atom. The van der Waals surface area contributed by atoms with Gasteiger partial charge >= 0.3 is 0 Å². The van der Waals surface area contributed by atoms with E-state index in [9.17, 15) is 14.4 Å². The molecule has 1 aromatic carbocycles. The number of methoxy groups -OCH3 is 1. The van der Waals surface area contributed by atoms with Crippen molar-refractivity contribution in [1.29, 1.82) is 0 Å². The van der Waals surface area contributed by atoms with E-state index in [-0.39, 0.29) is 36.7 Å². The molecule has 4 atom stereocenters. The predicted octanol–water partition coefficient (Wildman–Crippen LogP) is 1.60. The molecular weight excluding hydrogens is 502 g/mol. The molecule has 210 valence electrons. The first-order chi connectivity index (χ1) is 19.0. The quantitative estimate of drug-likeness (QED) is 0.286. The zero-order valence-electron chi connectivity index (χ0n) is 22.4. The van der Waals surface area contributed by atoms with Crippen LogP contribution < -0.4 is 10.2 Å². The number of ether oxygens (including phenoxy) is 2. The van der Waals surface area contributed by atoms with Crippen molar-refractivity contribution in [3.8, 4) is 0 Å². The minimum Gasteiger partial charge on any atom is -0.383 e. The summed E-state index contributed by atoms with van der Waals surface area (Å²) in [7, 11) is 1.72. The number of hydrogen-bond donors (Lipinski definition) is 1. The van der Waals surface area contributed by atoms with Crippen LogP contribution >= 0.6 is 0 Å². The number of piperazine rings is 1. The molecule has 1 saturated carbocycles. The number of azide groups is 1. The molecule has 5 rings (SSSR count). The molecule has 4 aliphatic rings. The van der Waals surface area contributed by atoms with Crippen molar-refractivity contribution in [2.45, 2.75) is 49.9 Å². The Kier molecular flexibility index (Phi) is 8.66. The van der Waals surface area contributed by atoms with Crippen LogP contribution in [0.2, 0.25) is 0 Å². The smallest absolute Gasteiger partial charge is 0.251 e. The third-order valence-corrected chi connectivity index (χ3v) is 8.54. The highest BCUT2D eigenvalue weighted by Gasteiger charge is 2.53. The molecular formula is C27H37N7O5. The van der Waals surface area contributed by atoms with Gasteiger partial charge in [-0.1, -0.05) is 18.0 Å². The van der Waals surface area contributed by atoms with Gasteiger partial charge in [0, 0.05) is 62.5 Å². The number of rotatable bonds is 9. The molecule has 1 aliphatic carbocycles. The van der Waals surface area contributed by atoms with Gasteiger partial charge in [-0.15, -0.1) is 0 Å². The van der Waals surface area contributed by atoms with Crippen molar-refractivity contribution < 1.29 is 23.9 Å². The van der Waals surface area contributed by atoms with Crippen LogP contribution in [0.25, 0.3) is 10.4 Å². The summed E-state index contributed by atoms with van der Waals surface area (Å²) >= 11 is 0. The maximum atomic E-state index is 13.8. The van der Waals surface area contributed by atoms with E-state index < -0.39 is 24.2 Å². The van der Waals surface area contributed by atoms with Crippen LogP contribution in [-0.4, -0.2) is 111 Å². The van der Waals surface area contributed by atoms with Gasteiger partial charge < -0.3 is 24.6 Å². The molecule has 0 aromatic heterocycles. The third kappa shape index (κ3) is 5.89. The number of benzene rings is 1. The fourth-order valence-electron chi connectivity index (χ4n) is 6.37. The summed E-state index contributed by atoms with van der Waals surface area (Å²) in [6.07, 6.45) is 3.02. The van der Waals surface area contributed by atoms with E-state index >= 15 is 0 Å². The molecule has 3 aliphatic heterocycles. The molecule has 12 heteroatoms. The van der Waals surface area contributed by atoms with Gasteiger partial charge in [0.15, 0.2) is 5.78 Å². The molecule has 1 N–H and O–H groups in total. The molecule has 0 spiro atoms. The van der Waals surface area contributed by atoms with Crippen molar-refractivity contribution >= 4 is 23.3 Å². The average molecular weight is 540 g/mol. The maximum Gasteiger partial charge on any atom is 0.251 e. The standard InChI is InChI=1S/C27H37N7O5/c1-38-15-14-32-10-12-33(13-11-32)20-8-6-19(7-9-20)26(36)29-23(18-4-2-3-5-18)27(37)34-16-21(30-31-28)25-24(34)22(35)17-39-25/h6-9,18,21,23-25H,2-5,10-17H2,1H3,(H,29,36)/t21-,23-,24+,25+/m0/s1. The number of ketones is 1. The lowest BCUT2D eigenvalue weighted by Gasteiger charge is -2.36. The first-order valence-corrected chi connectivity index (χ1v) is 13.9. The SMILES string of the molecule is COCCN1CCN(c2ccc(C(=O)N[C@H](C(=O)N3C[C@H](N=[N+]=[N-])[C@H]4OCC(=O)[C@H]43)C3CCCC3)cc2)CC1. The molecule has 2 amide bonds. The highest BCUT2D eigenvalue weighted by molar-refractivity contribution is 5.99. The zero-order valence-corrected chi connectivity index (χ0v) is 22.4. The van der Waals surface area contributed by atoms with E-state index in [1.54, 1.807) is 19.2 Å². The first-order valence-electron chi connectivity index (χ1n) is 13.9. The molecule has 0 unspecified atom stereocenters. The second-order valence-corrected chi connectivity index (χ2v) is 10.8. The Bertz CT molecular complexity index is 1090. The molecule has 0 radical (unpaired) electrons. The van der Waals surface area contributed by atoms with Crippen molar-refractivity contribution in [2.24, 2.45) is 11.0 Å².